The van der Waals surface area contributed by atoms with Crippen molar-refractivity contribution in [3.63, 3.8) is 0 Å². The Balaban J connectivity index is 1.51. The predicted molar refractivity (Wildman–Crippen MR) is 148 cm³/mol. The number of carboxylic acid groups (broad SMARTS) is 1. The highest BCUT2D eigenvalue weighted by molar-refractivity contribution is 6.43. The number of fused-ring (bicyclic) bond motifs is 3. The van der Waals surface area contributed by atoms with Gasteiger partial charge in [0.1, 0.15) is 5.75 Å². The van der Waals surface area contributed by atoms with Gasteiger partial charge in [-0.1, -0.05) is 49.6 Å². The molecule has 39 heavy (non-hydrogen) atoms. The van der Waals surface area contributed by atoms with Crippen molar-refractivity contribution in [2.75, 3.05) is 6.54 Å². The third kappa shape index (κ3) is 6.64. The molecule has 2 heterocycles. The topological polar surface area (TPSA) is 124 Å². The zero-order chi connectivity index (χ0) is 28.3. The molecule has 1 aliphatic carbocycles. The lowest BCUT2D eigenvalue weighted by atomic mass is 9.57. The monoisotopic (exact) mass is 537 g/mol. The van der Waals surface area contributed by atoms with Crippen molar-refractivity contribution < 1.29 is 34.3 Å². The molecule has 210 valence electrons. The quantitative estimate of drug-likeness (QED) is 0.162. The highest BCUT2D eigenvalue weighted by Crippen LogP contribution is 2.52. The second-order valence-corrected chi connectivity index (χ2v) is 11.5. The van der Waals surface area contributed by atoms with Gasteiger partial charge < -0.3 is 19.9 Å². The molecule has 3 N–H and O–H groups in total. The average molecular weight is 537 g/mol. The first kappa shape index (κ1) is 29.1. The fraction of sp³-hybridized carbons (Fsp3) is 0.567. The molecule has 4 rings (SSSR count). The van der Waals surface area contributed by atoms with Crippen LogP contribution in [0.2, 0.25) is 6.32 Å². The van der Waals surface area contributed by atoms with Gasteiger partial charge in [0.25, 0.3) is 0 Å². The van der Waals surface area contributed by atoms with E-state index in [2.05, 4.69) is 19.9 Å². The van der Waals surface area contributed by atoms with E-state index >= 15 is 0 Å². The van der Waals surface area contributed by atoms with E-state index in [0.717, 1.165) is 23.1 Å². The highest BCUT2D eigenvalue weighted by Gasteiger charge is 2.57. The molecule has 0 radical (unpaired) electrons. The van der Waals surface area contributed by atoms with Gasteiger partial charge in [-0.05, 0) is 80.5 Å². The summed E-state index contributed by atoms with van der Waals surface area (Å²) in [7, 11) is -0.995. The van der Waals surface area contributed by atoms with Gasteiger partial charge >= 0.3 is 13.1 Å². The summed E-state index contributed by atoms with van der Waals surface area (Å²) in [6.07, 6.45) is 5.83. The number of aliphatic carboxylic acids is 1. The fourth-order valence-electron chi connectivity index (χ4n) is 6.54. The van der Waals surface area contributed by atoms with E-state index < -0.39 is 24.9 Å². The molecule has 1 aromatic rings. The Morgan fingerprint density at radius 1 is 1.10 bits per heavy atom. The van der Waals surface area contributed by atoms with E-state index in [1.165, 1.54) is 10.5 Å². The van der Waals surface area contributed by atoms with Crippen molar-refractivity contribution in [3.8, 4) is 5.75 Å². The number of hydrogen-bond acceptors (Lipinski definition) is 6. The van der Waals surface area contributed by atoms with Crippen molar-refractivity contribution in [1.82, 2.24) is 4.90 Å². The number of unbranched alkanes of at least 4 members (excludes halogenated alkanes) is 2. The normalized spacial score (nSPS) is 25.4. The first-order valence-electron chi connectivity index (χ1n) is 14.2. The number of aromatic hydroxyl groups is 1. The smallest absolute Gasteiger partial charge is 0.455 e. The first-order chi connectivity index (χ1) is 18.6. The Hall–Kier alpha value is -2.91. The molecule has 4 atom stereocenters. The number of likely N-dealkylation sites (tertiary alicyclic amines) is 1. The van der Waals surface area contributed by atoms with Gasteiger partial charge in [-0.25, -0.2) is 0 Å². The zero-order valence-corrected chi connectivity index (χ0v) is 23.1. The van der Waals surface area contributed by atoms with E-state index in [0.29, 0.717) is 45.0 Å². The summed E-state index contributed by atoms with van der Waals surface area (Å²) < 4.78 is 6.08. The first-order valence-corrected chi connectivity index (χ1v) is 14.2. The molecule has 2 fully saturated rings. The molecule has 2 aliphatic heterocycles. The number of phenols is 1. The van der Waals surface area contributed by atoms with E-state index in [1.807, 2.05) is 19.1 Å². The summed E-state index contributed by atoms with van der Waals surface area (Å²) in [6, 6.07) is 7.03. The summed E-state index contributed by atoms with van der Waals surface area (Å²) in [6.45, 7) is 6.58. The standard InChI is InChI=1S/C30H40BNO7/c1-18(2)22-16-23-28(30(37)32(29(23)36)14-6-4-5-7-26(34)35)24-17-31(38)39-25(27(22)24)13-8-19(3)15-20-9-11-21(33)12-10-20/h9-12,15,18,23-25,28,33,38H,4-8,13-14,16-17H2,1-3H3,(H,34,35)/b19-15+/t23-,24+,25-,28-/m1/s1. The van der Waals surface area contributed by atoms with Crippen LogP contribution in [0, 0.1) is 23.7 Å². The minimum absolute atomic E-state index is 0.0864. The lowest BCUT2D eigenvalue weighted by Gasteiger charge is -2.44. The number of imide groups is 1. The molecule has 2 amide bonds. The van der Waals surface area contributed by atoms with Crippen LogP contribution in [0.5, 0.6) is 5.75 Å². The van der Waals surface area contributed by atoms with Gasteiger partial charge in [0.05, 0.1) is 17.9 Å². The van der Waals surface area contributed by atoms with Gasteiger partial charge in [-0.3, -0.25) is 19.3 Å². The van der Waals surface area contributed by atoms with Crippen molar-refractivity contribution in [2.45, 2.75) is 78.1 Å². The lowest BCUT2D eigenvalue weighted by molar-refractivity contribution is -0.141. The number of benzene rings is 1. The Morgan fingerprint density at radius 3 is 2.49 bits per heavy atom. The molecule has 0 saturated carbocycles. The molecule has 0 unspecified atom stereocenters. The Kier molecular flexibility index (Phi) is 9.33. The van der Waals surface area contributed by atoms with E-state index in [-0.39, 0.29) is 41.9 Å². The lowest BCUT2D eigenvalue weighted by Crippen LogP contribution is -2.46. The van der Waals surface area contributed by atoms with Crippen molar-refractivity contribution in [2.24, 2.45) is 23.7 Å². The maximum Gasteiger partial charge on any atom is 0.455 e. The Bertz CT molecular complexity index is 1140. The van der Waals surface area contributed by atoms with Crippen LogP contribution < -0.4 is 0 Å². The second-order valence-electron chi connectivity index (χ2n) is 11.5. The third-order valence-corrected chi connectivity index (χ3v) is 8.41. The second kappa shape index (κ2) is 12.5. The van der Waals surface area contributed by atoms with Crippen LogP contribution in [0.25, 0.3) is 6.08 Å². The number of phenolic OH excluding ortho intramolecular Hbond substituents is 1. The number of nitrogens with zero attached hydrogens (tertiary/aromatic N) is 1. The summed E-state index contributed by atoms with van der Waals surface area (Å²) in [5.41, 5.74) is 4.40. The molecule has 9 heteroatoms. The molecule has 0 spiro atoms. The Labute approximate surface area is 230 Å². The molecule has 8 nitrogen and oxygen atoms in total. The number of carbonyl (C=O) groups excluding carboxylic acids is 2. The fourth-order valence-corrected chi connectivity index (χ4v) is 6.54. The van der Waals surface area contributed by atoms with Crippen LogP contribution in [-0.4, -0.2) is 57.7 Å². The third-order valence-electron chi connectivity index (χ3n) is 8.41. The van der Waals surface area contributed by atoms with Crippen LogP contribution in [0.1, 0.15) is 71.3 Å². The van der Waals surface area contributed by atoms with Gasteiger partial charge in [0.15, 0.2) is 0 Å². The van der Waals surface area contributed by atoms with Gasteiger partial charge in [-0.2, -0.15) is 0 Å². The summed E-state index contributed by atoms with van der Waals surface area (Å²) in [5, 5.41) is 29.1. The van der Waals surface area contributed by atoms with Gasteiger partial charge in [0, 0.05) is 13.0 Å². The van der Waals surface area contributed by atoms with Crippen LogP contribution in [0.3, 0.4) is 0 Å². The van der Waals surface area contributed by atoms with Crippen LogP contribution in [0.4, 0.5) is 0 Å². The van der Waals surface area contributed by atoms with Gasteiger partial charge in [0.2, 0.25) is 11.8 Å². The molecular formula is C30H40BNO7. The van der Waals surface area contributed by atoms with Crippen LogP contribution in [-0.2, 0) is 19.0 Å². The van der Waals surface area contributed by atoms with Crippen molar-refractivity contribution in [3.05, 3.63) is 46.5 Å². The largest absolute Gasteiger partial charge is 0.508 e. The minimum atomic E-state index is -0.995. The maximum atomic E-state index is 13.6. The maximum absolute atomic E-state index is 13.6. The highest BCUT2D eigenvalue weighted by atomic mass is 16.5. The van der Waals surface area contributed by atoms with E-state index in [1.54, 1.807) is 12.1 Å². The molecule has 0 aromatic heterocycles. The summed E-state index contributed by atoms with van der Waals surface area (Å²) >= 11 is 0. The molecule has 2 saturated heterocycles. The Morgan fingerprint density at radius 2 is 1.82 bits per heavy atom. The predicted octanol–water partition coefficient (Wildman–Crippen LogP) is 4.67. The SMILES string of the molecule is C/C(=C\c1ccc(O)cc1)CC[C@H]1OB(O)C[C@H]2C1=C(C(C)C)C[C@H]1C(=O)N(CCCCCC(=O)O)C(=O)[C@H]12. The average Bonchev–Trinajstić information content (AvgIpc) is 3.12. The molecule has 3 aliphatic rings. The number of carboxylic acids is 1. The van der Waals surface area contributed by atoms with Gasteiger partial charge in [-0.15, -0.1) is 0 Å². The summed E-state index contributed by atoms with van der Waals surface area (Å²) in [5.74, 6) is -1.85. The number of allylic oxidation sites excluding steroid dienone is 2. The van der Waals surface area contributed by atoms with Crippen molar-refractivity contribution in [1.29, 1.82) is 0 Å². The van der Waals surface area contributed by atoms with Crippen LogP contribution in [0.15, 0.2) is 41.0 Å². The van der Waals surface area contributed by atoms with Crippen LogP contribution >= 0.6 is 0 Å². The van der Waals surface area contributed by atoms with Crippen molar-refractivity contribution >= 4 is 31.0 Å². The molecule has 0 bridgehead atoms. The summed E-state index contributed by atoms with van der Waals surface area (Å²) in [4.78, 5) is 39.2. The molecule has 1 aromatic carbocycles. The molecular weight excluding hydrogens is 497 g/mol. The minimum Gasteiger partial charge on any atom is -0.508 e. The number of carbonyl (C=O) groups is 3. The number of rotatable bonds is 11. The van der Waals surface area contributed by atoms with E-state index in [9.17, 15) is 24.5 Å². The number of amides is 2. The van der Waals surface area contributed by atoms with E-state index in [4.69, 9.17) is 9.76 Å². The number of hydrogen-bond donors (Lipinski definition) is 3. The zero-order valence-electron chi connectivity index (χ0n) is 23.1.